The molecule has 9 heteroatoms. The van der Waals surface area contributed by atoms with Gasteiger partial charge in [0, 0.05) is 0 Å². The van der Waals surface area contributed by atoms with Crippen molar-refractivity contribution < 1.29 is 41.3 Å². The van der Waals surface area contributed by atoms with Crippen molar-refractivity contribution in [3.05, 3.63) is 0 Å². The van der Waals surface area contributed by atoms with Crippen molar-refractivity contribution in [2.24, 2.45) is 0 Å². The number of hydrogen-bond acceptors (Lipinski definition) is 3. The van der Waals surface area contributed by atoms with Crippen LogP contribution in [0.3, 0.4) is 0 Å². The van der Waals surface area contributed by atoms with E-state index in [1.807, 2.05) is 0 Å². The number of aliphatic carboxylic acids is 2. The van der Waals surface area contributed by atoms with E-state index in [0.717, 1.165) is 0 Å². The summed E-state index contributed by atoms with van der Waals surface area (Å²) < 4.78 is 0. The SMILES string of the molecule is O.O.O.O=C(O)CC(O)C(=O)O.[NaH]. The Balaban J connectivity index is -0.0000000533. The van der Waals surface area contributed by atoms with Gasteiger partial charge in [-0.25, -0.2) is 4.79 Å². The van der Waals surface area contributed by atoms with Gasteiger partial charge < -0.3 is 31.7 Å². The maximum atomic E-state index is 9.72. The average Bonchev–Trinajstić information content (AvgIpc) is 1.63. The maximum absolute atomic E-state index is 9.72. The van der Waals surface area contributed by atoms with Gasteiger partial charge in [0.15, 0.2) is 6.10 Å². The monoisotopic (exact) mass is 212 g/mol. The molecule has 78 valence electrons. The summed E-state index contributed by atoms with van der Waals surface area (Å²) in [4.78, 5) is 19.4. The molecule has 0 rings (SSSR count). The Morgan fingerprint density at radius 2 is 1.38 bits per heavy atom. The van der Waals surface area contributed by atoms with E-state index in [1.165, 1.54) is 0 Å². The molecule has 1 atom stereocenters. The minimum atomic E-state index is -1.79. The summed E-state index contributed by atoms with van der Waals surface area (Å²) in [5.41, 5.74) is 0. The van der Waals surface area contributed by atoms with Crippen LogP contribution in [0.2, 0.25) is 0 Å². The number of aliphatic hydroxyl groups excluding tert-OH is 1. The van der Waals surface area contributed by atoms with E-state index in [0.29, 0.717) is 0 Å². The standard InChI is InChI=1S/C4H6O5.Na.3H2O.H/c5-2(4(8)9)1-3(6)7;;;;;/h2,5H,1H2,(H,6,7)(H,8,9);;3*1H2;. The molecule has 0 bridgehead atoms. The van der Waals surface area contributed by atoms with Gasteiger partial charge in [-0.1, -0.05) is 0 Å². The topological polar surface area (TPSA) is 189 Å². The van der Waals surface area contributed by atoms with Crippen LogP contribution in [0.25, 0.3) is 0 Å². The number of carboxylic acids is 2. The second kappa shape index (κ2) is 14.3. The Kier molecular flexibility index (Phi) is 32.3. The Morgan fingerprint density at radius 3 is 1.46 bits per heavy atom. The van der Waals surface area contributed by atoms with Crippen LogP contribution in [-0.2, 0) is 9.59 Å². The van der Waals surface area contributed by atoms with Crippen molar-refractivity contribution in [2.45, 2.75) is 12.5 Å². The van der Waals surface area contributed by atoms with E-state index in [2.05, 4.69) is 0 Å². The first-order valence-electron chi connectivity index (χ1n) is 2.16. The normalized spacial score (nSPS) is 8.69. The van der Waals surface area contributed by atoms with Crippen LogP contribution in [0.5, 0.6) is 0 Å². The summed E-state index contributed by atoms with van der Waals surface area (Å²) in [5, 5.41) is 24.1. The molecule has 0 spiro atoms. The van der Waals surface area contributed by atoms with Crippen molar-refractivity contribution in [2.75, 3.05) is 0 Å². The van der Waals surface area contributed by atoms with E-state index in [-0.39, 0.29) is 46.0 Å². The van der Waals surface area contributed by atoms with E-state index in [9.17, 15) is 9.59 Å². The zero-order valence-electron chi connectivity index (χ0n) is 5.94. The van der Waals surface area contributed by atoms with Gasteiger partial charge in [-0.15, -0.1) is 0 Å². The molecule has 0 saturated carbocycles. The van der Waals surface area contributed by atoms with Crippen molar-refractivity contribution in [3.63, 3.8) is 0 Å². The second-order valence-electron chi connectivity index (χ2n) is 1.45. The quantitative estimate of drug-likeness (QED) is 0.398. The molecular weight excluding hydrogens is 199 g/mol. The van der Waals surface area contributed by atoms with E-state index >= 15 is 0 Å². The molecule has 0 aliphatic rings. The fraction of sp³-hybridized carbons (Fsp3) is 0.500. The number of carboxylic acid groups (broad SMARTS) is 2. The molecule has 0 radical (unpaired) electrons. The van der Waals surface area contributed by atoms with Crippen LogP contribution in [0, 0.1) is 0 Å². The van der Waals surface area contributed by atoms with Crippen molar-refractivity contribution in [1.29, 1.82) is 0 Å². The molecule has 13 heavy (non-hydrogen) atoms. The zero-order chi connectivity index (χ0) is 7.44. The third-order valence-corrected chi connectivity index (χ3v) is 0.653. The van der Waals surface area contributed by atoms with Gasteiger partial charge in [0.05, 0.1) is 6.42 Å². The van der Waals surface area contributed by atoms with Gasteiger partial charge in [0.2, 0.25) is 0 Å². The predicted molar refractivity (Wildman–Crippen MR) is 43.9 cm³/mol. The van der Waals surface area contributed by atoms with E-state index in [1.54, 1.807) is 0 Å². The first kappa shape index (κ1) is 29.3. The van der Waals surface area contributed by atoms with Gasteiger partial charge in [-0.2, -0.15) is 0 Å². The molecule has 0 amide bonds. The summed E-state index contributed by atoms with van der Waals surface area (Å²) >= 11 is 0. The summed E-state index contributed by atoms with van der Waals surface area (Å²) in [6.45, 7) is 0. The first-order valence-corrected chi connectivity index (χ1v) is 2.16. The molecule has 0 aromatic heterocycles. The molecule has 0 fully saturated rings. The molecule has 9 N–H and O–H groups in total. The van der Waals surface area contributed by atoms with Gasteiger partial charge in [0.25, 0.3) is 0 Å². The molecule has 0 heterocycles. The van der Waals surface area contributed by atoms with Crippen LogP contribution in [0.15, 0.2) is 0 Å². The van der Waals surface area contributed by atoms with Crippen LogP contribution in [0.4, 0.5) is 0 Å². The minimum absolute atomic E-state index is 0. The predicted octanol–water partition coefficient (Wildman–Crippen LogP) is -4.22. The molecule has 0 aromatic carbocycles. The van der Waals surface area contributed by atoms with Gasteiger partial charge in [-0.05, 0) is 0 Å². The molecule has 0 aliphatic heterocycles. The number of aliphatic hydroxyl groups is 1. The molecule has 0 aliphatic carbocycles. The number of rotatable bonds is 3. The average molecular weight is 212 g/mol. The van der Waals surface area contributed by atoms with Gasteiger partial charge in [-0.3, -0.25) is 4.79 Å². The van der Waals surface area contributed by atoms with Crippen molar-refractivity contribution in [3.8, 4) is 0 Å². The van der Waals surface area contributed by atoms with Crippen molar-refractivity contribution in [1.82, 2.24) is 0 Å². The van der Waals surface area contributed by atoms with Crippen LogP contribution >= 0.6 is 0 Å². The third kappa shape index (κ3) is 18.6. The molecular formula is C4H13NaO8. The summed E-state index contributed by atoms with van der Waals surface area (Å²) in [6, 6.07) is 0. The second-order valence-corrected chi connectivity index (χ2v) is 1.45. The Labute approximate surface area is 95.4 Å². The van der Waals surface area contributed by atoms with E-state index in [4.69, 9.17) is 15.3 Å². The Bertz CT molecular complexity index is 136. The molecule has 8 nitrogen and oxygen atoms in total. The Morgan fingerprint density at radius 1 is 1.08 bits per heavy atom. The first-order chi connectivity index (χ1) is 4.04. The fourth-order valence-electron chi connectivity index (χ4n) is 0.253. The third-order valence-electron chi connectivity index (χ3n) is 0.653. The van der Waals surface area contributed by atoms with Crippen LogP contribution in [0.1, 0.15) is 6.42 Å². The number of hydrogen-bond donors (Lipinski definition) is 3. The zero-order valence-corrected chi connectivity index (χ0v) is 5.94. The Hall–Kier alpha value is -0.220. The van der Waals surface area contributed by atoms with Gasteiger partial charge in [0.1, 0.15) is 0 Å². The van der Waals surface area contributed by atoms with Crippen LogP contribution < -0.4 is 0 Å². The molecule has 0 aromatic rings. The van der Waals surface area contributed by atoms with Gasteiger partial charge >= 0.3 is 41.5 Å². The summed E-state index contributed by atoms with van der Waals surface area (Å²) in [6.07, 6.45) is -2.54. The summed E-state index contributed by atoms with van der Waals surface area (Å²) in [5.74, 6) is -2.85. The fourth-order valence-corrected chi connectivity index (χ4v) is 0.253. The summed E-state index contributed by atoms with van der Waals surface area (Å²) in [7, 11) is 0. The van der Waals surface area contributed by atoms with E-state index < -0.39 is 24.5 Å². The van der Waals surface area contributed by atoms with Crippen molar-refractivity contribution >= 4 is 41.5 Å². The number of carbonyl (C=O) groups is 2. The molecule has 0 saturated heterocycles. The van der Waals surface area contributed by atoms with Crippen LogP contribution in [-0.4, -0.2) is 79.3 Å². The molecule has 1 unspecified atom stereocenters.